The Kier molecular flexibility index (Phi) is 4.26. The second-order valence-electron chi connectivity index (χ2n) is 6.50. The zero-order valence-corrected chi connectivity index (χ0v) is 14.9. The van der Waals surface area contributed by atoms with Gasteiger partial charge in [-0.25, -0.2) is 4.79 Å². The van der Waals surface area contributed by atoms with Crippen molar-refractivity contribution in [2.24, 2.45) is 0 Å². The summed E-state index contributed by atoms with van der Waals surface area (Å²) < 4.78 is 11.6. The summed E-state index contributed by atoms with van der Waals surface area (Å²) in [6, 6.07) is 11.6. The van der Waals surface area contributed by atoms with Gasteiger partial charge in [0.1, 0.15) is 17.9 Å². The maximum absolute atomic E-state index is 12.3. The summed E-state index contributed by atoms with van der Waals surface area (Å²) in [6.45, 7) is 2.31. The minimum atomic E-state index is -0.200. The Labute approximate surface area is 151 Å². The van der Waals surface area contributed by atoms with Gasteiger partial charge >= 0.3 is 5.63 Å². The summed E-state index contributed by atoms with van der Waals surface area (Å²) in [5, 5.41) is 1.72. The molecule has 0 radical (unpaired) electrons. The number of ether oxygens (including phenoxy) is 1. The van der Waals surface area contributed by atoms with Gasteiger partial charge in [-0.3, -0.25) is 0 Å². The molecule has 0 amide bonds. The van der Waals surface area contributed by atoms with Crippen LogP contribution in [0.25, 0.3) is 11.0 Å². The molecule has 1 aliphatic rings. The SMILES string of the molecule is Cc1c(OCc2ccccc2Cl)ccc2c3c(c(=O)oc12)CCCC3. The Balaban J connectivity index is 1.73. The van der Waals surface area contributed by atoms with Crippen LogP contribution in [-0.2, 0) is 19.4 Å². The van der Waals surface area contributed by atoms with E-state index in [1.807, 2.05) is 43.3 Å². The van der Waals surface area contributed by atoms with Gasteiger partial charge in [0, 0.05) is 27.1 Å². The second-order valence-corrected chi connectivity index (χ2v) is 6.91. The first kappa shape index (κ1) is 16.2. The molecule has 1 aromatic heterocycles. The van der Waals surface area contributed by atoms with E-state index >= 15 is 0 Å². The lowest BCUT2D eigenvalue weighted by atomic mass is 9.90. The van der Waals surface area contributed by atoms with E-state index in [4.69, 9.17) is 20.8 Å². The highest BCUT2D eigenvalue weighted by atomic mass is 35.5. The van der Waals surface area contributed by atoms with Crippen molar-refractivity contribution in [3.05, 3.63) is 74.1 Å². The van der Waals surface area contributed by atoms with Crippen molar-refractivity contribution >= 4 is 22.6 Å². The lowest BCUT2D eigenvalue weighted by Crippen LogP contribution is -2.16. The number of fused-ring (bicyclic) bond motifs is 3. The molecule has 0 unspecified atom stereocenters. The molecule has 3 aromatic rings. The Morgan fingerprint density at radius 1 is 1.08 bits per heavy atom. The molecule has 128 valence electrons. The van der Waals surface area contributed by atoms with E-state index < -0.39 is 0 Å². The second kappa shape index (κ2) is 6.57. The van der Waals surface area contributed by atoms with E-state index in [1.165, 1.54) is 0 Å². The molecule has 2 aromatic carbocycles. The third-order valence-electron chi connectivity index (χ3n) is 4.93. The van der Waals surface area contributed by atoms with Crippen molar-refractivity contribution in [2.45, 2.75) is 39.2 Å². The molecule has 25 heavy (non-hydrogen) atoms. The van der Waals surface area contributed by atoms with Gasteiger partial charge in [-0.1, -0.05) is 29.8 Å². The van der Waals surface area contributed by atoms with E-state index in [1.54, 1.807) is 0 Å². The number of aryl methyl sites for hydroxylation is 2. The van der Waals surface area contributed by atoms with Crippen LogP contribution in [-0.4, -0.2) is 0 Å². The zero-order valence-electron chi connectivity index (χ0n) is 14.1. The maximum atomic E-state index is 12.3. The molecule has 0 atom stereocenters. The molecule has 0 aliphatic heterocycles. The lowest BCUT2D eigenvalue weighted by Gasteiger charge is -2.18. The highest BCUT2D eigenvalue weighted by Crippen LogP contribution is 2.33. The molecule has 3 nitrogen and oxygen atoms in total. The zero-order chi connectivity index (χ0) is 17.4. The highest BCUT2D eigenvalue weighted by Gasteiger charge is 2.20. The first-order valence-electron chi connectivity index (χ1n) is 8.59. The topological polar surface area (TPSA) is 39.4 Å². The average Bonchev–Trinajstić information content (AvgIpc) is 2.63. The molecule has 0 fully saturated rings. The standard InChI is InChI=1S/C21H19ClO3/c1-13-19(24-12-14-6-2-5-9-18(14)22)11-10-16-15-7-3-4-8-17(15)21(23)25-20(13)16/h2,5-6,9-11H,3-4,7-8,12H2,1H3. The molecular weight excluding hydrogens is 336 g/mol. The summed E-state index contributed by atoms with van der Waals surface area (Å²) in [6.07, 6.45) is 3.94. The van der Waals surface area contributed by atoms with Crippen LogP contribution in [0, 0.1) is 6.92 Å². The normalized spacial score (nSPS) is 13.7. The summed E-state index contributed by atoms with van der Waals surface area (Å²) in [4.78, 5) is 12.3. The Hall–Kier alpha value is -2.26. The molecule has 0 spiro atoms. The van der Waals surface area contributed by atoms with Crippen LogP contribution in [0.15, 0.2) is 45.6 Å². The minimum absolute atomic E-state index is 0.200. The first-order valence-corrected chi connectivity index (χ1v) is 8.97. The minimum Gasteiger partial charge on any atom is -0.488 e. The molecule has 0 saturated carbocycles. The van der Waals surface area contributed by atoms with Gasteiger partial charge in [0.05, 0.1) is 0 Å². The average molecular weight is 355 g/mol. The molecular formula is C21H19ClO3. The smallest absolute Gasteiger partial charge is 0.339 e. The number of hydrogen-bond acceptors (Lipinski definition) is 3. The van der Waals surface area contributed by atoms with Crippen LogP contribution in [0.2, 0.25) is 5.02 Å². The fraction of sp³-hybridized carbons (Fsp3) is 0.286. The van der Waals surface area contributed by atoms with Gasteiger partial charge in [0.15, 0.2) is 0 Å². The van der Waals surface area contributed by atoms with Crippen LogP contribution in [0.5, 0.6) is 5.75 Å². The van der Waals surface area contributed by atoms with Crippen LogP contribution < -0.4 is 10.4 Å². The van der Waals surface area contributed by atoms with E-state index in [9.17, 15) is 4.79 Å². The van der Waals surface area contributed by atoms with E-state index in [0.29, 0.717) is 23.0 Å². The third kappa shape index (κ3) is 2.93. The van der Waals surface area contributed by atoms with Crippen molar-refractivity contribution in [3.63, 3.8) is 0 Å². The number of hydrogen-bond donors (Lipinski definition) is 0. The van der Waals surface area contributed by atoms with Crippen LogP contribution in [0.4, 0.5) is 0 Å². The van der Waals surface area contributed by atoms with Gasteiger partial charge in [-0.2, -0.15) is 0 Å². The van der Waals surface area contributed by atoms with Crippen molar-refractivity contribution in [1.82, 2.24) is 0 Å². The Morgan fingerprint density at radius 2 is 1.84 bits per heavy atom. The number of halogens is 1. The number of rotatable bonds is 3. The van der Waals surface area contributed by atoms with Crippen LogP contribution >= 0.6 is 11.6 Å². The van der Waals surface area contributed by atoms with Crippen molar-refractivity contribution in [1.29, 1.82) is 0 Å². The van der Waals surface area contributed by atoms with E-state index in [0.717, 1.165) is 53.3 Å². The van der Waals surface area contributed by atoms with Crippen molar-refractivity contribution in [2.75, 3.05) is 0 Å². The third-order valence-corrected chi connectivity index (χ3v) is 5.30. The molecule has 0 saturated heterocycles. The molecule has 1 heterocycles. The highest BCUT2D eigenvalue weighted by molar-refractivity contribution is 6.31. The summed E-state index contributed by atoms with van der Waals surface area (Å²) in [7, 11) is 0. The Morgan fingerprint density at radius 3 is 2.64 bits per heavy atom. The van der Waals surface area contributed by atoms with Gasteiger partial charge < -0.3 is 9.15 Å². The van der Waals surface area contributed by atoms with Gasteiger partial charge in [0.2, 0.25) is 0 Å². The predicted octanol–water partition coefficient (Wildman–Crippen LogP) is 5.21. The van der Waals surface area contributed by atoms with Gasteiger partial charge in [-0.15, -0.1) is 0 Å². The summed E-state index contributed by atoms with van der Waals surface area (Å²) in [5.74, 6) is 0.714. The molecule has 0 N–H and O–H groups in total. The maximum Gasteiger partial charge on any atom is 0.339 e. The quantitative estimate of drug-likeness (QED) is 0.606. The van der Waals surface area contributed by atoms with E-state index in [2.05, 4.69) is 0 Å². The number of benzene rings is 2. The van der Waals surface area contributed by atoms with E-state index in [-0.39, 0.29) is 5.63 Å². The lowest BCUT2D eigenvalue weighted by molar-refractivity contribution is 0.304. The molecule has 0 bridgehead atoms. The van der Waals surface area contributed by atoms with Crippen molar-refractivity contribution < 1.29 is 9.15 Å². The largest absolute Gasteiger partial charge is 0.488 e. The fourth-order valence-corrected chi connectivity index (χ4v) is 3.74. The van der Waals surface area contributed by atoms with Crippen LogP contribution in [0.1, 0.15) is 35.1 Å². The summed E-state index contributed by atoms with van der Waals surface area (Å²) in [5.41, 5.74) is 4.22. The fourth-order valence-electron chi connectivity index (χ4n) is 3.55. The Bertz CT molecular complexity index is 1000. The van der Waals surface area contributed by atoms with Crippen molar-refractivity contribution in [3.8, 4) is 5.75 Å². The summed E-state index contributed by atoms with van der Waals surface area (Å²) >= 11 is 6.19. The van der Waals surface area contributed by atoms with Crippen LogP contribution in [0.3, 0.4) is 0 Å². The van der Waals surface area contributed by atoms with Gasteiger partial charge in [0.25, 0.3) is 0 Å². The van der Waals surface area contributed by atoms with Gasteiger partial charge in [-0.05, 0) is 56.4 Å². The molecule has 4 heteroatoms. The monoisotopic (exact) mass is 354 g/mol. The first-order chi connectivity index (χ1) is 12.1. The predicted molar refractivity (Wildman–Crippen MR) is 99.6 cm³/mol. The molecule has 1 aliphatic carbocycles. The molecule has 4 rings (SSSR count).